The van der Waals surface area contributed by atoms with Crippen molar-refractivity contribution >= 4 is 43.4 Å². The molecule has 0 bridgehead atoms. The van der Waals surface area contributed by atoms with Crippen molar-refractivity contribution < 1.29 is 9.53 Å². The number of fused-ring (bicyclic) bond motifs is 1. The maximum atomic E-state index is 12.4. The van der Waals surface area contributed by atoms with Crippen molar-refractivity contribution in [1.29, 1.82) is 0 Å². The molecule has 0 fully saturated rings. The van der Waals surface area contributed by atoms with Crippen LogP contribution in [0.4, 0.5) is 0 Å². The number of carbonyl (C=O) groups excluding carboxylic acids is 1. The molecule has 0 atom stereocenters. The Morgan fingerprint density at radius 3 is 2.65 bits per heavy atom. The smallest absolute Gasteiger partial charge is 0.279 e. The Hall–Kier alpha value is -1.92. The van der Waals surface area contributed by atoms with Gasteiger partial charge in [0.25, 0.3) is 5.91 Å². The number of aromatic nitrogens is 1. The third-order valence-corrected chi connectivity index (χ3v) is 5.19. The summed E-state index contributed by atoms with van der Waals surface area (Å²) in [6, 6.07) is 13.0. The second kappa shape index (κ2) is 6.68. The number of hydrogen-bond acceptors (Lipinski definition) is 3. The molecule has 1 aromatic heterocycles. The molecule has 1 amide bonds. The first kappa shape index (κ1) is 16.0. The Labute approximate surface area is 146 Å². The van der Waals surface area contributed by atoms with Crippen molar-refractivity contribution in [3.05, 3.63) is 57.3 Å². The fourth-order valence-corrected chi connectivity index (χ4v) is 4.18. The number of nitrogens with zero attached hydrogens (tertiary/aromatic N) is 2. The molecule has 0 saturated heterocycles. The van der Waals surface area contributed by atoms with Crippen LogP contribution in [0.25, 0.3) is 10.2 Å². The molecule has 1 heterocycles. The van der Waals surface area contributed by atoms with E-state index < -0.39 is 0 Å². The molecule has 6 heteroatoms. The van der Waals surface area contributed by atoms with E-state index in [9.17, 15) is 4.79 Å². The van der Waals surface area contributed by atoms with E-state index >= 15 is 0 Å². The van der Waals surface area contributed by atoms with Gasteiger partial charge in [0.15, 0.2) is 4.80 Å². The Morgan fingerprint density at radius 1 is 1.26 bits per heavy atom. The van der Waals surface area contributed by atoms with Crippen LogP contribution in [-0.4, -0.2) is 17.6 Å². The Balaban J connectivity index is 2.09. The van der Waals surface area contributed by atoms with Crippen LogP contribution in [0.1, 0.15) is 17.3 Å². The lowest BCUT2D eigenvalue weighted by Gasteiger charge is -2.02. The summed E-state index contributed by atoms with van der Waals surface area (Å²) in [5, 5.41) is 0. The molecule has 0 N–H and O–H groups in total. The summed E-state index contributed by atoms with van der Waals surface area (Å²) in [4.78, 5) is 17.4. The molecule has 4 nitrogen and oxygen atoms in total. The number of halogens is 1. The van der Waals surface area contributed by atoms with E-state index in [1.54, 1.807) is 31.4 Å². The van der Waals surface area contributed by atoms with E-state index in [2.05, 4.69) is 20.9 Å². The van der Waals surface area contributed by atoms with E-state index in [4.69, 9.17) is 4.74 Å². The molecule has 2 aromatic carbocycles. The van der Waals surface area contributed by atoms with E-state index in [1.807, 2.05) is 29.7 Å². The third kappa shape index (κ3) is 3.09. The van der Waals surface area contributed by atoms with Gasteiger partial charge >= 0.3 is 0 Å². The summed E-state index contributed by atoms with van der Waals surface area (Å²) in [6.07, 6.45) is 0. The molecule has 3 rings (SSSR count). The van der Waals surface area contributed by atoms with Crippen molar-refractivity contribution in [1.82, 2.24) is 4.57 Å². The molecule has 0 spiro atoms. The molecule has 0 unspecified atom stereocenters. The quantitative estimate of drug-likeness (QED) is 0.671. The molecule has 23 heavy (non-hydrogen) atoms. The van der Waals surface area contributed by atoms with Gasteiger partial charge in [-0.15, -0.1) is 0 Å². The highest BCUT2D eigenvalue weighted by Crippen LogP contribution is 2.25. The SMILES string of the molecule is CCn1c(=NC(=O)c2ccc(OC)cc2)sc2cccc(Br)c21. The van der Waals surface area contributed by atoms with Crippen LogP contribution in [0.5, 0.6) is 5.75 Å². The first-order chi connectivity index (χ1) is 11.1. The number of thiazole rings is 1. The van der Waals surface area contributed by atoms with E-state index in [0.29, 0.717) is 10.4 Å². The number of rotatable bonds is 3. The van der Waals surface area contributed by atoms with Gasteiger partial charge in [-0.3, -0.25) is 4.79 Å². The van der Waals surface area contributed by atoms with Crippen LogP contribution in [0.2, 0.25) is 0 Å². The van der Waals surface area contributed by atoms with E-state index in [0.717, 1.165) is 27.0 Å². The van der Waals surface area contributed by atoms with Crippen LogP contribution in [0.3, 0.4) is 0 Å². The Kier molecular flexibility index (Phi) is 4.63. The molecule has 0 radical (unpaired) electrons. The molecule has 118 valence electrons. The van der Waals surface area contributed by atoms with Crippen LogP contribution < -0.4 is 9.54 Å². The lowest BCUT2D eigenvalue weighted by molar-refractivity contribution is 0.0998. The van der Waals surface area contributed by atoms with Gasteiger partial charge in [-0.1, -0.05) is 17.4 Å². The number of ether oxygens (including phenoxy) is 1. The van der Waals surface area contributed by atoms with Crippen molar-refractivity contribution in [2.75, 3.05) is 7.11 Å². The molecule has 0 aliphatic carbocycles. The van der Waals surface area contributed by atoms with Gasteiger partial charge in [0.1, 0.15) is 5.75 Å². The molecule has 0 aliphatic heterocycles. The van der Waals surface area contributed by atoms with Gasteiger partial charge in [0.05, 0.1) is 17.3 Å². The topological polar surface area (TPSA) is 43.6 Å². The minimum atomic E-state index is -0.252. The van der Waals surface area contributed by atoms with Gasteiger partial charge in [0, 0.05) is 16.6 Å². The summed E-state index contributed by atoms with van der Waals surface area (Å²) in [5.74, 6) is 0.466. The van der Waals surface area contributed by atoms with E-state index in [-0.39, 0.29) is 5.91 Å². The standard InChI is InChI=1S/C17H15BrN2O2S/c1-3-20-15-13(18)5-4-6-14(15)23-17(20)19-16(21)11-7-9-12(22-2)10-8-11/h4-10H,3H2,1-2H3. The van der Waals surface area contributed by atoms with Crippen LogP contribution >= 0.6 is 27.3 Å². The molecular formula is C17H15BrN2O2S. The second-order valence-corrected chi connectivity index (χ2v) is 6.72. The van der Waals surface area contributed by atoms with Crippen LogP contribution in [-0.2, 0) is 6.54 Å². The second-order valence-electron chi connectivity index (χ2n) is 4.86. The maximum Gasteiger partial charge on any atom is 0.279 e. The lowest BCUT2D eigenvalue weighted by atomic mass is 10.2. The zero-order valence-corrected chi connectivity index (χ0v) is 15.1. The van der Waals surface area contributed by atoms with Gasteiger partial charge < -0.3 is 9.30 Å². The number of benzene rings is 2. The molecule has 3 aromatic rings. The lowest BCUT2D eigenvalue weighted by Crippen LogP contribution is -2.16. The number of carbonyl (C=O) groups is 1. The highest BCUT2D eigenvalue weighted by Gasteiger charge is 2.10. The van der Waals surface area contributed by atoms with Crippen molar-refractivity contribution in [2.24, 2.45) is 4.99 Å². The average molecular weight is 391 g/mol. The first-order valence-electron chi connectivity index (χ1n) is 7.15. The Bertz CT molecular complexity index is 926. The molecule has 0 saturated carbocycles. The summed E-state index contributed by atoms with van der Waals surface area (Å²) in [7, 11) is 1.60. The number of hydrogen-bond donors (Lipinski definition) is 0. The average Bonchev–Trinajstić information content (AvgIpc) is 2.93. The van der Waals surface area contributed by atoms with Crippen molar-refractivity contribution in [3.63, 3.8) is 0 Å². The largest absolute Gasteiger partial charge is 0.497 e. The minimum Gasteiger partial charge on any atom is -0.497 e. The number of amides is 1. The van der Waals surface area contributed by atoms with E-state index in [1.165, 1.54) is 11.3 Å². The fraction of sp³-hybridized carbons (Fsp3) is 0.176. The van der Waals surface area contributed by atoms with Gasteiger partial charge in [-0.25, -0.2) is 0 Å². The number of para-hydroxylation sites is 1. The highest BCUT2D eigenvalue weighted by atomic mass is 79.9. The number of aryl methyl sites for hydroxylation is 1. The first-order valence-corrected chi connectivity index (χ1v) is 8.76. The Morgan fingerprint density at radius 2 is 2.00 bits per heavy atom. The third-order valence-electron chi connectivity index (χ3n) is 3.50. The maximum absolute atomic E-state index is 12.4. The summed E-state index contributed by atoms with van der Waals surface area (Å²) >= 11 is 5.09. The minimum absolute atomic E-state index is 0.252. The molecular weight excluding hydrogens is 376 g/mol. The summed E-state index contributed by atoms with van der Waals surface area (Å²) < 4.78 is 9.26. The van der Waals surface area contributed by atoms with Crippen LogP contribution in [0.15, 0.2) is 51.9 Å². The van der Waals surface area contributed by atoms with Gasteiger partial charge in [0.2, 0.25) is 0 Å². The fourth-order valence-electron chi connectivity index (χ4n) is 2.35. The number of methoxy groups -OCH3 is 1. The summed E-state index contributed by atoms with van der Waals surface area (Å²) in [5.41, 5.74) is 1.62. The van der Waals surface area contributed by atoms with Crippen LogP contribution in [0, 0.1) is 0 Å². The zero-order chi connectivity index (χ0) is 16.4. The van der Waals surface area contributed by atoms with Gasteiger partial charge in [-0.2, -0.15) is 4.99 Å². The van der Waals surface area contributed by atoms with Crippen molar-refractivity contribution in [3.8, 4) is 5.75 Å². The van der Waals surface area contributed by atoms with Crippen molar-refractivity contribution in [2.45, 2.75) is 13.5 Å². The monoisotopic (exact) mass is 390 g/mol. The highest BCUT2D eigenvalue weighted by molar-refractivity contribution is 9.10. The van der Waals surface area contributed by atoms with Gasteiger partial charge in [-0.05, 0) is 59.3 Å². The predicted octanol–water partition coefficient (Wildman–Crippen LogP) is 4.23. The zero-order valence-electron chi connectivity index (χ0n) is 12.7. The summed E-state index contributed by atoms with van der Waals surface area (Å²) in [6.45, 7) is 2.79. The predicted molar refractivity (Wildman–Crippen MR) is 96.1 cm³/mol. The molecule has 0 aliphatic rings. The normalized spacial score (nSPS) is 11.9.